The van der Waals surface area contributed by atoms with Crippen LogP contribution >= 0.6 is 11.8 Å². The van der Waals surface area contributed by atoms with Crippen molar-refractivity contribution >= 4 is 35.5 Å². The molecule has 0 aliphatic carbocycles. The van der Waals surface area contributed by atoms with E-state index in [4.69, 9.17) is 9.47 Å². The minimum absolute atomic E-state index is 0.147. The van der Waals surface area contributed by atoms with Crippen LogP contribution in [0.2, 0.25) is 0 Å². The predicted molar refractivity (Wildman–Crippen MR) is 157 cm³/mol. The Morgan fingerprint density at radius 3 is 2.21 bits per heavy atom. The highest BCUT2D eigenvalue weighted by Gasteiger charge is 2.08. The van der Waals surface area contributed by atoms with Gasteiger partial charge in [-0.1, -0.05) is 54.6 Å². The van der Waals surface area contributed by atoms with E-state index in [1.165, 1.54) is 5.56 Å². The highest BCUT2D eigenvalue weighted by Crippen LogP contribution is 2.23. The third-order valence-electron chi connectivity index (χ3n) is 5.61. The number of carbonyl (C=O) groups excluding carboxylic acids is 2. The van der Waals surface area contributed by atoms with Crippen LogP contribution in [0.25, 0.3) is 0 Å². The number of carbonyl (C=O) groups is 2. The Morgan fingerprint density at radius 1 is 0.821 bits per heavy atom. The van der Waals surface area contributed by atoms with Crippen LogP contribution in [0.1, 0.15) is 27.0 Å². The summed E-state index contributed by atoms with van der Waals surface area (Å²) in [6.45, 7) is -0.147. The van der Waals surface area contributed by atoms with Gasteiger partial charge in [0, 0.05) is 17.1 Å². The lowest BCUT2D eigenvalue weighted by molar-refractivity contribution is -0.118. The smallest absolute Gasteiger partial charge is 0.271 e. The Hall–Kier alpha value is -4.56. The zero-order chi connectivity index (χ0) is 27.3. The Balaban J connectivity index is 1.18. The van der Waals surface area contributed by atoms with Crippen LogP contribution < -0.4 is 20.2 Å². The first-order valence-corrected chi connectivity index (χ1v) is 13.5. The van der Waals surface area contributed by atoms with E-state index in [1.54, 1.807) is 61.9 Å². The second kappa shape index (κ2) is 14.4. The average molecular weight is 540 g/mol. The summed E-state index contributed by atoms with van der Waals surface area (Å²) in [7, 11) is 1.54. The molecule has 0 fully saturated rings. The summed E-state index contributed by atoms with van der Waals surface area (Å²) in [5.41, 5.74) is 6.90. The molecule has 0 unspecified atom stereocenters. The van der Waals surface area contributed by atoms with Crippen molar-refractivity contribution in [2.75, 3.05) is 19.0 Å². The van der Waals surface area contributed by atoms with Gasteiger partial charge in [0.05, 0.1) is 19.0 Å². The summed E-state index contributed by atoms with van der Waals surface area (Å²) in [6.07, 6.45) is 1.55. The molecule has 4 rings (SSSR count). The molecule has 2 N–H and O–H groups in total. The maximum Gasteiger partial charge on any atom is 0.271 e. The number of methoxy groups -OCH3 is 1. The molecular weight excluding hydrogens is 510 g/mol. The van der Waals surface area contributed by atoms with Crippen molar-refractivity contribution in [3.63, 3.8) is 0 Å². The summed E-state index contributed by atoms with van der Waals surface area (Å²) >= 11 is 1.83. The number of hydrazone groups is 1. The standard InChI is InChI=1S/C31H29N3O4S/c1-37-29-10-6-5-9-28(29)33-30(35)20-38-27-17-13-23(14-18-27)19-32-34-31(36)26-15-11-25(12-16-26)22-39-21-24-7-3-2-4-8-24/h2-19H,20-22H2,1H3,(H,33,35)(H,34,36)/b32-19-. The van der Waals surface area contributed by atoms with E-state index >= 15 is 0 Å². The van der Waals surface area contributed by atoms with Crippen LogP contribution in [0.5, 0.6) is 11.5 Å². The van der Waals surface area contributed by atoms with Gasteiger partial charge in [0.15, 0.2) is 6.61 Å². The minimum atomic E-state index is -0.299. The molecule has 39 heavy (non-hydrogen) atoms. The number of anilines is 1. The molecular formula is C31H29N3O4S. The number of nitrogens with zero attached hydrogens (tertiary/aromatic N) is 1. The van der Waals surface area contributed by atoms with Gasteiger partial charge in [-0.25, -0.2) is 5.43 Å². The number of nitrogens with one attached hydrogen (secondary N) is 2. The van der Waals surface area contributed by atoms with E-state index < -0.39 is 0 Å². The van der Waals surface area contributed by atoms with Crippen molar-refractivity contribution in [3.05, 3.63) is 125 Å². The molecule has 4 aromatic rings. The zero-order valence-electron chi connectivity index (χ0n) is 21.5. The Labute approximate surface area is 232 Å². The van der Waals surface area contributed by atoms with Gasteiger partial charge >= 0.3 is 0 Å². The highest BCUT2D eigenvalue weighted by molar-refractivity contribution is 7.97. The van der Waals surface area contributed by atoms with Crippen LogP contribution in [0.15, 0.2) is 108 Å². The summed E-state index contributed by atoms with van der Waals surface area (Å²) in [4.78, 5) is 24.6. The number of ether oxygens (including phenoxy) is 2. The molecule has 198 valence electrons. The van der Waals surface area contributed by atoms with E-state index in [9.17, 15) is 9.59 Å². The Morgan fingerprint density at radius 2 is 1.49 bits per heavy atom. The molecule has 0 aliphatic heterocycles. The summed E-state index contributed by atoms with van der Waals surface area (Å²) < 4.78 is 10.8. The van der Waals surface area contributed by atoms with Gasteiger partial charge < -0.3 is 14.8 Å². The number of amides is 2. The lowest BCUT2D eigenvalue weighted by Gasteiger charge is -2.10. The zero-order valence-corrected chi connectivity index (χ0v) is 22.3. The van der Waals surface area contributed by atoms with Crippen LogP contribution in [0, 0.1) is 0 Å². The number of hydrogen-bond acceptors (Lipinski definition) is 6. The number of thioether (sulfide) groups is 1. The molecule has 7 nitrogen and oxygen atoms in total. The van der Waals surface area contributed by atoms with Gasteiger partial charge in [-0.15, -0.1) is 0 Å². The maximum absolute atomic E-state index is 12.4. The lowest BCUT2D eigenvalue weighted by atomic mass is 10.1. The summed E-state index contributed by atoms with van der Waals surface area (Å²) in [5, 5.41) is 6.81. The number of benzene rings is 4. The fourth-order valence-electron chi connectivity index (χ4n) is 3.58. The molecule has 0 radical (unpaired) electrons. The fourth-order valence-corrected chi connectivity index (χ4v) is 4.53. The van der Waals surface area contributed by atoms with Gasteiger partial charge in [0.2, 0.25) is 0 Å². The molecule has 0 aliphatic rings. The SMILES string of the molecule is COc1ccccc1NC(=O)COc1ccc(/C=N\NC(=O)c2ccc(CSCc3ccccc3)cc2)cc1. The topological polar surface area (TPSA) is 89.0 Å². The van der Waals surface area contributed by atoms with Gasteiger partial charge in [0.1, 0.15) is 11.5 Å². The Bertz CT molecular complexity index is 1390. The van der Waals surface area contributed by atoms with Crippen molar-refractivity contribution in [1.29, 1.82) is 0 Å². The largest absolute Gasteiger partial charge is 0.495 e. The molecule has 0 saturated carbocycles. The molecule has 0 aromatic heterocycles. The first-order valence-electron chi connectivity index (χ1n) is 12.3. The molecule has 0 atom stereocenters. The predicted octanol–water partition coefficient (Wildman–Crippen LogP) is 5.91. The van der Waals surface area contributed by atoms with Crippen molar-refractivity contribution in [2.45, 2.75) is 11.5 Å². The van der Waals surface area contributed by atoms with Crippen LogP contribution in [-0.4, -0.2) is 31.7 Å². The van der Waals surface area contributed by atoms with E-state index in [0.717, 1.165) is 22.6 Å². The normalized spacial score (nSPS) is 10.7. The van der Waals surface area contributed by atoms with Gasteiger partial charge in [0.25, 0.3) is 11.8 Å². The monoisotopic (exact) mass is 539 g/mol. The minimum Gasteiger partial charge on any atom is -0.495 e. The van der Waals surface area contributed by atoms with Crippen LogP contribution in [-0.2, 0) is 16.3 Å². The fraction of sp³-hybridized carbons (Fsp3) is 0.129. The highest BCUT2D eigenvalue weighted by atomic mass is 32.2. The summed E-state index contributed by atoms with van der Waals surface area (Å²) in [6, 6.07) is 32.1. The lowest BCUT2D eigenvalue weighted by Crippen LogP contribution is -2.20. The number of rotatable bonds is 12. The van der Waals surface area contributed by atoms with Crippen LogP contribution in [0.4, 0.5) is 5.69 Å². The molecule has 2 amide bonds. The average Bonchev–Trinajstić information content (AvgIpc) is 2.98. The second-order valence-electron chi connectivity index (χ2n) is 8.48. The summed E-state index contributed by atoms with van der Waals surface area (Å²) in [5.74, 6) is 2.36. The van der Waals surface area contributed by atoms with E-state index in [2.05, 4.69) is 28.0 Å². The van der Waals surface area contributed by atoms with E-state index in [1.807, 2.05) is 54.2 Å². The molecule has 4 aromatic carbocycles. The molecule has 0 saturated heterocycles. The molecule has 8 heteroatoms. The van der Waals surface area contributed by atoms with Crippen LogP contribution in [0.3, 0.4) is 0 Å². The Kier molecular flexibility index (Phi) is 10.1. The van der Waals surface area contributed by atoms with Crippen molar-refractivity contribution in [3.8, 4) is 11.5 Å². The van der Waals surface area contributed by atoms with Gasteiger partial charge in [-0.2, -0.15) is 16.9 Å². The third kappa shape index (κ3) is 8.76. The number of hydrogen-bond donors (Lipinski definition) is 2. The quantitative estimate of drug-likeness (QED) is 0.173. The first kappa shape index (κ1) is 27.5. The third-order valence-corrected chi connectivity index (χ3v) is 6.68. The van der Waals surface area contributed by atoms with Crippen molar-refractivity contribution in [2.24, 2.45) is 5.10 Å². The molecule has 0 heterocycles. The maximum atomic E-state index is 12.4. The van der Waals surface area contributed by atoms with E-state index in [0.29, 0.717) is 22.7 Å². The molecule has 0 bridgehead atoms. The number of para-hydroxylation sites is 2. The first-order chi connectivity index (χ1) is 19.1. The van der Waals surface area contributed by atoms with Gasteiger partial charge in [-0.3, -0.25) is 9.59 Å². The molecule has 0 spiro atoms. The second-order valence-corrected chi connectivity index (χ2v) is 9.47. The van der Waals surface area contributed by atoms with Crippen molar-refractivity contribution in [1.82, 2.24) is 5.43 Å². The van der Waals surface area contributed by atoms with Gasteiger partial charge in [-0.05, 0) is 65.2 Å². The van der Waals surface area contributed by atoms with E-state index in [-0.39, 0.29) is 18.4 Å². The van der Waals surface area contributed by atoms with Crippen molar-refractivity contribution < 1.29 is 19.1 Å².